The van der Waals surface area contributed by atoms with E-state index >= 15 is 0 Å². The first-order valence-corrected chi connectivity index (χ1v) is 11.7. The van der Waals surface area contributed by atoms with E-state index in [1.165, 1.54) is 16.1 Å². The highest BCUT2D eigenvalue weighted by molar-refractivity contribution is 7.98. The quantitative estimate of drug-likeness (QED) is 0.508. The first-order chi connectivity index (χ1) is 12.9. The van der Waals surface area contributed by atoms with Crippen molar-refractivity contribution in [2.24, 2.45) is 0 Å². The molecule has 0 fully saturated rings. The Balaban J connectivity index is 1.78. The van der Waals surface area contributed by atoms with E-state index in [-0.39, 0.29) is 4.90 Å². The van der Waals surface area contributed by atoms with E-state index in [0.717, 1.165) is 10.7 Å². The van der Waals surface area contributed by atoms with Crippen LogP contribution in [0.2, 0.25) is 0 Å². The average Bonchev–Trinajstić information content (AvgIpc) is 3.30. The summed E-state index contributed by atoms with van der Waals surface area (Å²) in [5.74, 6) is 0.936. The SMILES string of the molecule is CCN(CC)S(=O)(=O)c1cccc(-c2nnc(SCc3csc(C)n3)o2)c1. The van der Waals surface area contributed by atoms with Gasteiger partial charge in [0.2, 0.25) is 15.9 Å². The van der Waals surface area contributed by atoms with Gasteiger partial charge in [0, 0.05) is 29.8 Å². The van der Waals surface area contributed by atoms with Gasteiger partial charge in [-0.3, -0.25) is 0 Å². The van der Waals surface area contributed by atoms with E-state index < -0.39 is 10.0 Å². The highest BCUT2D eigenvalue weighted by Gasteiger charge is 2.22. The van der Waals surface area contributed by atoms with E-state index in [1.807, 2.05) is 26.2 Å². The largest absolute Gasteiger partial charge is 0.411 e. The Morgan fingerprint density at radius 1 is 1.22 bits per heavy atom. The minimum Gasteiger partial charge on any atom is -0.411 e. The van der Waals surface area contributed by atoms with Gasteiger partial charge in [-0.15, -0.1) is 21.5 Å². The molecule has 2 aromatic heterocycles. The van der Waals surface area contributed by atoms with Crippen molar-refractivity contribution in [3.05, 3.63) is 40.3 Å². The fraction of sp³-hybridized carbons (Fsp3) is 0.353. The molecule has 27 heavy (non-hydrogen) atoms. The van der Waals surface area contributed by atoms with E-state index in [2.05, 4.69) is 15.2 Å². The molecular weight excluding hydrogens is 404 g/mol. The number of sulfonamides is 1. The van der Waals surface area contributed by atoms with Crippen LogP contribution in [0, 0.1) is 6.92 Å². The maximum atomic E-state index is 12.7. The number of aryl methyl sites for hydroxylation is 1. The Labute approximate surface area is 166 Å². The topological polar surface area (TPSA) is 89.2 Å². The number of rotatable bonds is 8. The molecule has 0 aliphatic carbocycles. The van der Waals surface area contributed by atoms with Crippen LogP contribution in [0.4, 0.5) is 0 Å². The first-order valence-electron chi connectivity index (χ1n) is 8.42. The van der Waals surface area contributed by atoms with Gasteiger partial charge in [-0.25, -0.2) is 13.4 Å². The summed E-state index contributed by atoms with van der Waals surface area (Å²) < 4.78 is 32.5. The molecule has 0 saturated heterocycles. The van der Waals surface area contributed by atoms with Crippen molar-refractivity contribution in [1.82, 2.24) is 19.5 Å². The predicted molar refractivity (Wildman–Crippen MR) is 106 cm³/mol. The van der Waals surface area contributed by atoms with Crippen molar-refractivity contribution in [1.29, 1.82) is 0 Å². The summed E-state index contributed by atoms with van der Waals surface area (Å²) in [5.41, 5.74) is 1.54. The van der Waals surface area contributed by atoms with Crippen molar-refractivity contribution in [2.45, 2.75) is 36.6 Å². The first kappa shape index (κ1) is 20.0. The molecular formula is C17H20N4O3S3. The van der Waals surface area contributed by atoms with Gasteiger partial charge in [-0.05, 0) is 25.1 Å². The monoisotopic (exact) mass is 424 g/mol. The average molecular weight is 425 g/mol. The number of hydrogen-bond acceptors (Lipinski definition) is 8. The van der Waals surface area contributed by atoms with Crippen molar-refractivity contribution in [3.8, 4) is 11.5 Å². The minimum atomic E-state index is -3.54. The maximum Gasteiger partial charge on any atom is 0.277 e. The van der Waals surface area contributed by atoms with Gasteiger partial charge in [0.1, 0.15) is 0 Å². The van der Waals surface area contributed by atoms with Gasteiger partial charge in [0.25, 0.3) is 5.22 Å². The van der Waals surface area contributed by atoms with Crippen LogP contribution in [0.15, 0.2) is 44.2 Å². The Hall–Kier alpha value is -1.75. The second-order valence-corrected chi connectivity index (χ2v) is 9.56. The molecule has 0 saturated carbocycles. The standard InChI is InChI=1S/C17H20N4O3S3/c1-4-21(5-2)27(22,23)15-8-6-7-13(9-15)16-19-20-17(24-16)26-11-14-10-25-12(3)18-14/h6-10H,4-5,11H2,1-3H3. The molecule has 144 valence electrons. The van der Waals surface area contributed by atoms with Gasteiger partial charge in [0.15, 0.2) is 0 Å². The summed E-state index contributed by atoms with van der Waals surface area (Å²) in [6.45, 7) is 6.43. The van der Waals surface area contributed by atoms with Gasteiger partial charge < -0.3 is 4.42 Å². The van der Waals surface area contributed by atoms with Gasteiger partial charge >= 0.3 is 0 Å². The van der Waals surface area contributed by atoms with E-state index in [1.54, 1.807) is 35.6 Å². The molecule has 1 aromatic carbocycles. The number of benzene rings is 1. The highest BCUT2D eigenvalue weighted by Crippen LogP contribution is 2.28. The number of aromatic nitrogens is 3. The van der Waals surface area contributed by atoms with Crippen LogP contribution in [-0.4, -0.2) is 41.0 Å². The Bertz CT molecular complexity index is 1010. The summed E-state index contributed by atoms with van der Waals surface area (Å²) in [4.78, 5) is 4.62. The molecule has 3 aromatic rings. The van der Waals surface area contributed by atoms with Crippen LogP contribution in [-0.2, 0) is 15.8 Å². The normalized spacial score (nSPS) is 12.0. The fourth-order valence-corrected chi connectivity index (χ4v) is 5.38. The fourth-order valence-electron chi connectivity index (χ4n) is 2.50. The van der Waals surface area contributed by atoms with Crippen LogP contribution < -0.4 is 0 Å². The molecule has 0 aliphatic heterocycles. The van der Waals surface area contributed by atoms with Crippen molar-refractivity contribution >= 4 is 33.1 Å². The molecule has 0 amide bonds. The lowest BCUT2D eigenvalue weighted by Gasteiger charge is -2.18. The van der Waals surface area contributed by atoms with E-state index in [0.29, 0.717) is 35.5 Å². The Kier molecular flexibility index (Phi) is 6.30. The van der Waals surface area contributed by atoms with E-state index in [4.69, 9.17) is 4.42 Å². The zero-order valence-corrected chi connectivity index (χ0v) is 17.7. The zero-order chi connectivity index (χ0) is 19.4. The van der Waals surface area contributed by atoms with Crippen molar-refractivity contribution < 1.29 is 12.8 Å². The lowest BCUT2D eigenvalue weighted by Crippen LogP contribution is -2.30. The molecule has 0 atom stereocenters. The zero-order valence-electron chi connectivity index (χ0n) is 15.2. The smallest absolute Gasteiger partial charge is 0.277 e. The second-order valence-electron chi connectivity index (χ2n) is 5.64. The summed E-state index contributed by atoms with van der Waals surface area (Å²) in [5, 5.41) is 11.5. The maximum absolute atomic E-state index is 12.7. The molecule has 0 N–H and O–H groups in total. The Morgan fingerprint density at radius 3 is 2.67 bits per heavy atom. The lowest BCUT2D eigenvalue weighted by molar-refractivity contribution is 0.445. The van der Waals surface area contributed by atoms with Crippen LogP contribution in [0.25, 0.3) is 11.5 Å². The number of nitrogens with zero attached hydrogens (tertiary/aromatic N) is 4. The molecule has 7 nitrogen and oxygen atoms in total. The van der Waals surface area contributed by atoms with E-state index in [9.17, 15) is 8.42 Å². The summed E-state index contributed by atoms with van der Waals surface area (Å²) in [6.07, 6.45) is 0. The predicted octanol–water partition coefficient (Wildman–Crippen LogP) is 3.82. The van der Waals surface area contributed by atoms with Gasteiger partial charge in [-0.1, -0.05) is 31.7 Å². The molecule has 0 unspecified atom stereocenters. The molecule has 3 rings (SSSR count). The summed E-state index contributed by atoms with van der Waals surface area (Å²) in [7, 11) is -3.54. The van der Waals surface area contributed by atoms with Crippen LogP contribution in [0.5, 0.6) is 0 Å². The van der Waals surface area contributed by atoms with Crippen molar-refractivity contribution in [2.75, 3.05) is 13.1 Å². The highest BCUT2D eigenvalue weighted by atomic mass is 32.2. The second kappa shape index (κ2) is 8.51. The van der Waals surface area contributed by atoms with Crippen LogP contribution in [0.3, 0.4) is 0 Å². The third kappa shape index (κ3) is 4.57. The van der Waals surface area contributed by atoms with Gasteiger partial charge in [-0.2, -0.15) is 4.31 Å². The number of thiazole rings is 1. The Morgan fingerprint density at radius 2 is 2.00 bits per heavy atom. The third-order valence-electron chi connectivity index (χ3n) is 3.84. The molecule has 0 aliphatic rings. The van der Waals surface area contributed by atoms with Crippen molar-refractivity contribution in [3.63, 3.8) is 0 Å². The molecule has 0 radical (unpaired) electrons. The lowest BCUT2D eigenvalue weighted by atomic mass is 10.2. The molecule has 10 heteroatoms. The summed E-state index contributed by atoms with van der Waals surface area (Å²) >= 11 is 3.00. The van der Waals surface area contributed by atoms with Gasteiger partial charge in [0.05, 0.1) is 15.6 Å². The summed E-state index contributed by atoms with van der Waals surface area (Å²) in [6, 6.07) is 6.58. The molecule has 2 heterocycles. The third-order valence-corrected chi connectivity index (χ3v) is 7.56. The van der Waals surface area contributed by atoms with Crippen LogP contribution in [0.1, 0.15) is 24.5 Å². The molecule has 0 spiro atoms. The molecule has 0 bridgehead atoms. The van der Waals surface area contributed by atoms with Crippen LogP contribution >= 0.6 is 23.1 Å². The number of hydrogen-bond donors (Lipinski definition) is 0. The number of thioether (sulfide) groups is 1. The minimum absolute atomic E-state index is 0.217.